The molecule has 0 fully saturated rings. The van der Waals surface area contributed by atoms with Gasteiger partial charge in [0.1, 0.15) is 17.8 Å². The second-order valence-corrected chi connectivity index (χ2v) is 8.17. The molecule has 0 radical (unpaired) electrons. The fourth-order valence-corrected chi connectivity index (χ4v) is 3.31. The normalized spacial score (nSPS) is 12.2. The lowest BCUT2D eigenvalue weighted by Crippen LogP contribution is -2.51. The van der Waals surface area contributed by atoms with Gasteiger partial charge in [-0.25, -0.2) is 4.79 Å². The number of nitrogens with zero attached hydrogens (tertiary/aromatic N) is 2. The van der Waals surface area contributed by atoms with Crippen molar-refractivity contribution in [1.29, 1.82) is 0 Å². The van der Waals surface area contributed by atoms with Gasteiger partial charge in [-0.2, -0.15) is 0 Å². The van der Waals surface area contributed by atoms with Crippen LogP contribution in [-0.4, -0.2) is 47.3 Å². The molecule has 0 bridgehead atoms. The predicted octanol–water partition coefficient (Wildman–Crippen LogP) is 2.66. The lowest BCUT2D eigenvalue weighted by atomic mass is 10.0. The van der Waals surface area contributed by atoms with E-state index in [1.807, 2.05) is 13.8 Å². The maximum absolute atomic E-state index is 12.8. The molecule has 36 heavy (non-hydrogen) atoms. The second kappa shape index (κ2) is 12.8. The fourth-order valence-electron chi connectivity index (χ4n) is 3.31. The third-order valence-electron chi connectivity index (χ3n) is 5.04. The first kappa shape index (κ1) is 27.7. The number of nitro groups is 2. The Labute approximate surface area is 206 Å². The first-order chi connectivity index (χ1) is 17.0. The Kier molecular flexibility index (Phi) is 9.83. The summed E-state index contributed by atoms with van der Waals surface area (Å²) >= 11 is 0. The van der Waals surface area contributed by atoms with E-state index in [1.165, 1.54) is 19.2 Å². The van der Waals surface area contributed by atoms with Gasteiger partial charge in [-0.15, -0.1) is 0 Å². The molecule has 2 unspecified atom stereocenters. The van der Waals surface area contributed by atoms with E-state index in [-0.39, 0.29) is 23.8 Å². The van der Waals surface area contributed by atoms with Gasteiger partial charge in [0.25, 0.3) is 5.69 Å². The van der Waals surface area contributed by atoms with Crippen molar-refractivity contribution in [2.75, 3.05) is 7.11 Å². The number of nitrogens with one attached hydrogen (secondary N) is 2. The average molecular weight is 502 g/mol. The summed E-state index contributed by atoms with van der Waals surface area (Å²) in [6.45, 7) is 3.77. The van der Waals surface area contributed by atoms with Crippen molar-refractivity contribution in [3.8, 4) is 11.5 Å². The Bertz CT molecular complexity index is 1120. The van der Waals surface area contributed by atoms with Crippen LogP contribution in [0.4, 0.5) is 11.4 Å². The predicted molar refractivity (Wildman–Crippen MR) is 126 cm³/mol. The van der Waals surface area contributed by atoms with Crippen LogP contribution in [0.2, 0.25) is 0 Å². The Morgan fingerprint density at radius 2 is 1.69 bits per heavy atom. The number of methoxy groups -OCH3 is 1. The van der Waals surface area contributed by atoms with Crippen molar-refractivity contribution >= 4 is 29.7 Å². The first-order valence-corrected chi connectivity index (χ1v) is 10.8. The van der Waals surface area contributed by atoms with Gasteiger partial charge < -0.3 is 20.1 Å². The van der Waals surface area contributed by atoms with E-state index in [4.69, 9.17) is 9.47 Å². The van der Waals surface area contributed by atoms with E-state index in [2.05, 4.69) is 10.6 Å². The molecule has 0 heterocycles. The number of hydrogen-bond donors (Lipinski definition) is 2. The quantitative estimate of drug-likeness (QED) is 0.180. The van der Waals surface area contributed by atoms with E-state index in [9.17, 15) is 34.6 Å². The van der Waals surface area contributed by atoms with Gasteiger partial charge in [0, 0.05) is 12.5 Å². The summed E-state index contributed by atoms with van der Waals surface area (Å²) in [7, 11) is 1.22. The van der Waals surface area contributed by atoms with Crippen LogP contribution >= 0.6 is 0 Å². The van der Waals surface area contributed by atoms with Gasteiger partial charge in [-0.05, 0) is 36.1 Å². The lowest BCUT2D eigenvalue weighted by molar-refractivity contribution is -0.394. The molecule has 0 spiro atoms. The van der Waals surface area contributed by atoms with E-state index in [0.29, 0.717) is 18.4 Å². The molecule has 0 aliphatic carbocycles. The van der Waals surface area contributed by atoms with E-state index < -0.39 is 45.2 Å². The SMILES string of the molecule is COC(=O)C(CC(C)C)NC(=O)C(Cc1ccc(Oc2ccc([N+](=O)[O-])cc2[N+](=O)[O-])cc1)NC=O. The molecule has 0 saturated carbocycles. The van der Waals surface area contributed by atoms with Crippen molar-refractivity contribution in [1.82, 2.24) is 10.6 Å². The highest BCUT2D eigenvalue weighted by molar-refractivity contribution is 5.88. The molecule has 2 amide bonds. The number of hydrogen-bond acceptors (Lipinski definition) is 9. The van der Waals surface area contributed by atoms with Crippen LogP contribution in [-0.2, 0) is 25.5 Å². The molecule has 0 aliphatic heterocycles. The molecule has 2 atom stereocenters. The number of benzene rings is 2. The Balaban J connectivity index is 2.15. The number of nitro benzene ring substituents is 2. The number of carbonyl (C=O) groups is 3. The molecule has 2 N–H and O–H groups in total. The highest BCUT2D eigenvalue weighted by Gasteiger charge is 2.27. The average Bonchev–Trinajstić information content (AvgIpc) is 2.83. The van der Waals surface area contributed by atoms with Crippen LogP contribution in [0.3, 0.4) is 0 Å². The largest absolute Gasteiger partial charge is 0.467 e. The molecule has 13 heteroatoms. The number of non-ortho nitro benzene ring substituents is 1. The maximum Gasteiger partial charge on any atom is 0.328 e. The van der Waals surface area contributed by atoms with Crippen LogP contribution in [0.5, 0.6) is 11.5 Å². The van der Waals surface area contributed by atoms with Crippen molar-refractivity contribution in [2.45, 2.75) is 38.8 Å². The lowest BCUT2D eigenvalue weighted by Gasteiger charge is -2.22. The number of rotatable bonds is 13. The van der Waals surface area contributed by atoms with Crippen molar-refractivity contribution in [2.24, 2.45) is 5.92 Å². The van der Waals surface area contributed by atoms with Gasteiger partial charge in [-0.1, -0.05) is 26.0 Å². The summed E-state index contributed by atoms with van der Waals surface area (Å²) < 4.78 is 10.3. The minimum absolute atomic E-state index is 0.0815. The number of ether oxygens (including phenoxy) is 2. The van der Waals surface area contributed by atoms with E-state index >= 15 is 0 Å². The minimum atomic E-state index is -0.982. The minimum Gasteiger partial charge on any atom is -0.467 e. The summed E-state index contributed by atoms with van der Waals surface area (Å²) in [6.07, 6.45) is 0.816. The summed E-state index contributed by atoms with van der Waals surface area (Å²) in [5.41, 5.74) is -0.394. The number of esters is 1. The molecule has 2 aromatic rings. The third-order valence-corrected chi connectivity index (χ3v) is 5.04. The summed E-state index contributed by atoms with van der Waals surface area (Å²) in [5, 5.41) is 27.2. The van der Waals surface area contributed by atoms with Crippen molar-refractivity contribution < 1.29 is 33.7 Å². The van der Waals surface area contributed by atoms with Gasteiger partial charge in [-0.3, -0.25) is 29.8 Å². The van der Waals surface area contributed by atoms with Gasteiger partial charge >= 0.3 is 11.7 Å². The maximum atomic E-state index is 12.8. The zero-order valence-electron chi connectivity index (χ0n) is 19.8. The van der Waals surface area contributed by atoms with Gasteiger partial charge in [0.2, 0.25) is 18.1 Å². The zero-order chi connectivity index (χ0) is 26.8. The molecule has 192 valence electrons. The Morgan fingerprint density at radius 3 is 2.22 bits per heavy atom. The monoisotopic (exact) mass is 502 g/mol. The van der Waals surface area contributed by atoms with E-state index in [0.717, 1.165) is 18.2 Å². The molecule has 2 rings (SSSR count). The fraction of sp³-hybridized carbons (Fsp3) is 0.348. The van der Waals surface area contributed by atoms with E-state index in [1.54, 1.807) is 12.1 Å². The van der Waals surface area contributed by atoms with Crippen LogP contribution in [0, 0.1) is 26.1 Å². The molecule has 0 saturated heterocycles. The second-order valence-electron chi connectivity index (χ2n) is 8.17. The van der Waals surface area contributed by atoms with Crippen LogP contribution in [0.15, 0.2) is 42.5 Å². The van der Waals surface area contributed by atoms with Crippen molar-refractivity contribution in [3.63, 3.8) is 0 Å². The molecule has 0 aromatic heterocycles. The van der Waals surface area contributed by atoms with Crippen LogP contribution < -0.4 is 15.4 Å². The summed E-state index contributed by atoms with van der Waals surface area (Å²) in [4.78, 5) is 56.5. The van der Waals surface area contributed by atoms with Crippen LogP contribution in [0.25, 0.3) is 0 Å². The number of carbonyl (C=O) groups excluding carboxylic acids is 3. The molecule has 2 aromatic carbocycles. The topological polar surface area (TPSA) is 180 Å². The van der Waals surface area contributed by atoms with Gasteiger partial charge in [0.05, 0.1) is 23.0 Å². The summed E-state index contributed by atoms with van der Waals surface area (Å²) in [5.74, 6) is -1.03. The Hall–Kier alpha value is -4.55. The Morgan fingerprint density at radius 1 is 1.03 bits per heavy atom. The third kappa shape index (κ3) is 7.75. The molecular weight excluding hydrogens is 476 g/mol. The van der Waals surface area contributed by atoms with Crippen LogP contribution in [0.1, 0.15) is 25.8 Å². The summed E-state index contributed by atoms with van der Waals surface area (Å²) in [6, 6.07) is 7.34. The van der Waals surface area contributed by atoms with Gasteiger partial charge in [0.15, 0.2) is 0 Å². The standard InChI is InChI=1S/C23H26N4O9/c1-14(2)10-19(23(30)35-3)25-22(29)18(24-13-28)11-15-4-7-17(8-5-15)36-21-9-6-16(26(31)32)12-20(21)27(33)34/h4-9,12-14,18-19H,10-11H2,1-3H3,(H,24,28)(H,25,29). The zero-order valence-corrected chi connectivity index (χ0v) is 19.8. The molecule has 0 aliphatic rings. The van der Waals surface area contributed by atoms with Crippen molar-refractivity contribution in [3.05, 3.63) is 68.3 Å². The molecule has 13 nitrogen and oxygen atoms in total. The smallest absolute Gasteiger partial charge is 0.328 e. The number of amides is 2. The molecular formula is C23H26N4O9. The highest BCUT2D eigenvalue weighted by Crippen LogP contribution is 2.34. The first-order valence-electron chi connectivity index (χ1n) is 10.8. The highest BCUT2D eigenvalue weighted by atomic mass is 16.6.